The molecule has 0 saturated heterocycles. The van der Waals surface area contributed by atoms with E-state index in [2.05, 4.69) is 10.6 Å². The summed E-state index contributed by atoms with van der Waals surface area (Å²) in [6, 6.07) is 12.2. The van der Waals surface area contributed by atoms with Gasteiger partial charge in [0.2, 0.25) is 5.78 Å². The molecule has 30 heavy (non-hydrogen) atoms. The minimum Gasteiger partial charge on any atom is -0.365 e. The first-order chi connectivity index (χ1) is 14.5. The highest BCUT2D eigenvalue weighted by Gasteiger charge is 2.29. The van der Waals surface area contributed by atoms with Gasteiger partial charge in [0.1, 0.15) is 5.00 Å². The number of fused-ring (bicyclic) bond motifs is 1. The zero-order valence-electron chi connectivity index (χ0n) is 16.1. The van der Waals surface area contributed by atoms with Crippen molar-refractivity contribution in [2.75, 3.05) is 5.32 Å². The second-order valence-electron chi connectivity index (χ2n) is 7.04. The molecule has 8 heteroatoms. The second kappa shape index (κ2) is 8.81. The SMILES string of the molecule is NC(=O)c1c(N[C@H](NC(=O)c2cccs2)C(=O)c2ccccc2)sc2c1CCCC2. The van der Waals surface area contributed by atoms with Crippen molar-refractivity contribution in [1.29, 1.82) is 0 Å². The molecule has 0 fully saturated rings. The third kappa shape index (κ3) is 4.15. The summed E-state index contributed by atoms with van der Waals surface area (Å²) in [6.45, 7) is 0. The lowest BCUT2D eigenvalue weighted by atomic mass is 9.95. The van der Waals surface area contributed by atoms with E-state index < -0.39 is 12.1 Å². The number of primary amides is 1. The highest BCUT2D eigenvalue weighted by Crippen LogP contribution is 2.38. The number of ketones is 1. The quantitative estimate of drug-likeness (QED) is 0.385. The molecule has 1 atom stereocenters. The van der Waals surface area contributed by atoms with Crippen LogP contribution < -0.4 is 16.4 Å². The van der Waals surface area contributed by atoms with Gasteiger partial charge in [-0.05, 0) is 42.7 Å². The van der Waals surface area contributed by atoms with Crippen molar-refractivity contribution in [3.63, 3.8) is 0 Å². The van der Waals surface area contributed by atoms with Gasteiger partial charge in [-0.25, -0.2) is 0 Å². The summed E-state index contributed by atoms with van der Waals surface area (Å²) in [5, 5.41) is 8.23. The molecule has 2 aromatic heterocycles. The van der Waals surface area contributed by atoms with E-state index >= 15 is 0 Å². The molecular formula is C22H21N3O3S2. The summed E-state index contributed by atoms with van der Waals surface area (Å²) in [5.74, 6) is -1.16. The molecule has 0 bridgehead atoms. The van der Waals surface area contributed by atoms with Crippen molar-refractivity contribution in [3.8, 4) is 0 Å². The van der Waals surface area contributed by atoms with Crippen LogP contribution in [-0.2, 0) is 12.8 Å². The van der Waals surface area contributed by atoms with Crippen molar-refractivity contribution < 1.29 is 14.4 Å². The zero-order valence-corrected chi connectivity index (χ0v) is 17.8. The molecule has 6 nitrogen and oxygen atoms in total. The summed E-state index contributed by atoms with van der Waals surface area (Å²) in [4.78, 5) is 39.7. The number of hydrogen-bond donors (Lipinski definition) is 3. The third-order valence-corrected chi connectivity index (χ3v) is 7.13. The fourth-order valence-corrected chi connectivity index (χ4v) is 5.56. The van der Waals surface area contributed by atoms with Crippen molar-refractivity contribution in [1.82, 2.24) is 5.32 Å². The minimum absolute atomic E-state index is 0.290. The predicted octanol–water partition coefficient (Wildman–Crippen LogP) is 3.84. The van der Waals surface area contributed by atoms with Crippen LogP contribution in [0.2, 0.25) is 0 Å². The number of thiophene rings is 2. The maximum absolute atomic E-state index is 13.2. The van der Waals surface area contributed by atoms with Gasteiger partial charge >= 0.3 is 0 Å². The highest BCUT2D eigenvalue weighted by molar-refractivity contribution is 7.16. The van der Waals surface area contributed by atoms with Crippen LogP contribution >= 0.6 is 22.7 Å². The highest BCUT2D eigenvalue weighted by atomic mass is 32.1. The Bertz CT molecular complexity index is 1070. The number of hydrogen-bond acceptors (Lipinski definition) is 6. The van der Waals surface area contributed by atoms with E-state index in [0.29, 0.717) is 21.0 Å². The van der Waals surface area contributed by atoms with Gasteiger partial charge in [0, 0.05) is 10.4 Å². The molecule has 4 N–H and O–H groups in total. The number of nitrogens with one attached hydrogen (secondary N) is 2. The van der Waals surface area contributed by atoms with Gasteiger partial charge in [-0.2, -0.15) is 0 Å². The average Bonchev–Trinajstić information content (AvgIpc) is 3.41. The molecule has 1 aliphatic carbocycles. The lowest BCUT2D eigenvalue weighted by Crippen LogP contribution is -2.46. The Kier molecular flexibility index (Phi) is 5.96. The summed E-state index contributed by atoms with van der Waals surface area (Å²) in [7, 11) is 0. The molecule has 0 spiro atoms. The normalized spacial score (nSPS) is 13.9. The second-order valence-corrected chi connectivity index (χ2v) is 9.09. The monoisotopic (exact) mass is 439 g/mol. The molecule has 2 amide bonds. The zero-order chi connectivity index (χ0) is 21.1. The van der Waals surface area contributed by atoms with Crippen molar-refractivity contribution in [3.05, 3.63) is 74.3 Å². The number of Topliss-reactive ketones (excluding diaryl/α,β-unsaturated/α-hetero) is 1. The van der Waals surface area contributed by atoms with E-state index in [0.717, 1.165) is 36.1 Å². The molecule has 3 aromatic rings. The number of nitrogens with two attached hydrogens (primary N) is 1. The van der Waals surface area contributed by atoms with Crippen LogP contribution in [0, 0.1) is 0 Å². The number of carbonyl (C=O) groups excluding carboxylic acids is 3. The number of aryl methyl sites for hydroxylation is 1. The number of benzene rings is 1. The summed E-state index contributed by atoms with van der Waals surface area (Å²) in [6.07, 6.45) is 2.73. The first-order valence-corrected chi connectivity index (χ1v) is 11.4. The first kappa shape index (κ1) is 20.3. The molecule has 0 unspecified atom stereocenters. The summed E-state index contributed by atoms with van der Waals surface area (Å²) in [5.41, 5.74) is 7.55. The van der Waals surface area contributed by atoms with E-state index in [4.69, 9.17) is 5.73 Å². The fraction of sp³-hybridized carbons (Fsp3) is 0.227. The van der Waals surface area contributed by atoms with Gasteiger partial charge in [0.15, 0.2) is 6.17 Å². The van der Waals surface area contributed by atoms with Crippen LogP contribution in [-0.4, -0.2) is 23.8 Å². The lowest BCUT2D eigenvalue weighted by Gasteiger charge is -2.20. The Hall–Kier alpha value is -2.97. The smallest absolute Gasteiger partial charge is 0.263 e. The Labute approximate surface area is 182 Å². The topological polar surface area (TPSA) is 101 Å². The van der Waals surface area contributed by atoms with E-state index in [1.807, 2.05) is 6.07 Å². The fourth-order valence-electron chi connectivity index (χ4n) is 3.61. The van der Waals surface area contributed by atoms with Crippen LogP contribution in [0.5, 0.6) is 0 Å². The van der Waals surface area contributed by atoms with Crippen molar-refractivity contribution in [2.45, 2.75) is 31.8 Å². The maximum Gasteiger partial charge on any atom is 0.263 e. The Morgan fingerprint density at radius 3 is 2.47 bits per heavy atom. The van der Waals surface area contributed by atoms with E-state index in [9.17, 15) is 14.4 Å². The van der Waals surface area contributed by atoms with Gasteiger partial charge in [0.05, 0.1) is 10.4 Å². The van der Waals surface area contributed by atoms with Gasteiger partial charge in [-0.3, -0.25) is 14.4 Å². The van der Waals surface area contributed by atoms with Crippen LogP contribution in [0.3, 0.4) is 0 Å². The third-order valence-electron chi connectivity index (χ3n) is 5.03. The Balaban J connectivity index is 1.68. The summed E-state index contributed by atoms with van der Waals surface area (Å²) < 4.78 is 0. The predicted molar refractivity (Wildman–Crippen MR) is 119 cm³/mol. The molecule has 1 aromatic carbocycles. The first-order valence-electron chi connectivity index (χ1n) is 9.69. The number of amides is 2. The summed E-state index contributed by atoms with van der Waals surface area (Å²) >= 11 is 2.74. The number of anilines is 1. The van der Waals surface area contributed by atoms with E-state index in [-0.39, 0.29) is 11.7 Å². The Morgan fingerprint density at radius 2 is 1.77 bits per heavy atom. The maximum atomic E-state index is 13.2. The number of carbonyl (C=O) groups is 3. The van der Waals surface area contributed by atoms with Crippen LogP contribution in [0.25, 0.3) is 0 Å². The largest absolute Gasteiger partial charge is 0.365 e. The lowest BCUT2D eigenvalue weighted by molar-refractivity contribution is 0.0872. The number of rotatable bonds is 7. The minimum atomic E-state index is -1.03. The van der Waals surface area contributed by atoms with Crippen LogP contribution in [0.1, 0.15) is 53.7 Å². The van der Waals surface area contributed by atoms with Gasteiger partial charge in [-0.15, -0.1) is 22.7 Å². The molecule has 0 aliphatic heterocycles. The van der Waals surface area contributed by atoms with Gasteiger partial charge < -0.3 is 16.4 Å². The molecule has 2 heterocycles. The molecule has 154 valence electrons. The van der Waals surface area contributed by atoms with Gasteiger partial charge in [0.25, 0.3) is 11.8 Å². The van der Waals surface area contributed by atoms with E-state index in [1.165, 1.54) is 22.7 Å². The average molecular weight is 440 g/mol. The van der Waals surface area contributed by atoms with Gasteiger partial charge in [-0.1, -0.05) is 36.4 Å². The van der Waals surface area contributed by atoms with Crippen molar-refractivity contribution in [2.24, 2.45) is 5.73 Å². The van der Waals surface area contributed by atoms with E-state index in [1.54, 1.807) is 41.8 Å². The molecule has 0 saturated carbocycles. The Morgan fingerprint density at radius 1 is 1.00 bits per heavy atom. The molecule has 0 radical (unpaired) electrons. The molecule has 4 rings (SSSR count). The van der Waals surface area contributed by atoms with Crippen LogP contribution in [0.4, 0.5) is 5.00 Å². The van der Waals surface area contributed by atoms with Crippen molar-refractivity contribution >= 4 is 45.3 Å². The molecule has 1 aliphatic rings. The molecular weight excluding hydrogens is 418 g/mol. The standard InChI is InChI=1S/C22H21N3O3S2/c23-19(27)17-14-9-4-5-10-15(14)30-22(17)25-20(18(26)13-7-2-1-3-8-13)24-21(28)16-11-6-12-29-16/h1-3,6-8,11-12,20,25H,4-5,9-10H2,(H2,23,27)(H,24,28)/t20-/m0/s1. The van der Waals surface area contributed by atoms with Crippen LogP contribution in [0.15, 0.2) is 47.8 Å².